The Morgan fingerprint density at radius 1 is 1.30 bits per heavy atom. The van der Waals surface area contributed by atoms with Gasteiger partial charge in [-0.1, -0.05) is 27.2 Å². The van der Waals surface area contributed by atoms with Crippen molar-refractivity contribution in [2.24, 2.45) is 11.7 Å². The van der Waals surface area contributed by atoms with Gasteiger partial charge in [-0.05, 0) is 52.6 Å². The van der Waals surface area contributed by atoms with E-state index in [1.54, 1.807) is 0 Å². The highest BCUT2D eigenvalue weighted by atomic mass is 16.1. The fourth-order valence-electron chi connectivity index (χ4n) is 2.51. The van der Waals surface area contributed by atoms with Gasteiger partial charge in [-0.15, -0.1) is 0 Å². The number of primary amides is 1. The normalized spacial score (nSPS) is 16.4. The summed E-state index contributed by atoms with van der Waals surface area (Å²) in [6.45, 7) is 16.0. The maximum atomic E-state index is 11.7. The van der Waals surface area contributed by atoms with E-state index in [0.29, 0.717) is 0 Å². The van der Waals surface area contributed by atoms with Crippen LogP contribution in [0.4, 0.5) is 0 Å². The molecule has 0 aromatic rings. The molecule has 20 heavy (non-hydrogen) atoms. The summed E-state index contributed by atoms with van der Waals surface area (Å²) in [6, 6.07) is 0.259. The number of rotatable bonds is 11. The molecule has 0 heterocycles. The molecule has 0 aromatic carbocycles. The molecule has 0 aromatic heterocycles. The molecule has 2 atom stereocenters. The highest BCUT2D eigenvalue weighted by molar-refractivity contribution is 5.84. The molecule has 1 amide bonds. The molecule has 0 aliphatic rings. The third kappa shape index (κ3) is 7.25. The maximum Gasteiger partial charge on any atom is 0.237 e. The van der Waals surface area contributed by atoms with E-state index in [-0.39, 0.29) is 11.9 Å². The van der Waals surface area contributed by atoms with Crippen LogP contribution in [0.3, 0.4) is 0 Å². The van der Waals surface area contributed by atoms with Crippen LogP contribution >= 0.6 is 0 Å². The molecule has 0 rings (SSSR count). The topological polar surface area (TPSA) is 58.4 Å². The van der Waals surface area contributed by atoms with Gasteiger partial charge in [-0.3, -0.25) is 4.79 Å². The molecule has 3 N–H and O–H groups in total. The van der Waals surface area contributed by atoms with Crippen molar-refractivity contribution >= 4 is 5.91 Å². The minimum absolute atomic E-state index is 0.254. The van der Waals surface area contributed by atoms with Crippen LogP contribution in [0.1, 0.15) is 60.8 Å². The molecule has 0 spiro atoms. The Kier molecular flexibility index (Phi) is 9.06. The lowest BCUT2D eigenvalue weighted by atomic mass is 9.93. The highest BCUT2D eigenvalue weighted by Gasteiger charge is 2.30. The second-order valence-electron chi connectivity index (χ2n) is 6.51. The molecule has 0 radical (unpaired) electrons. The smallest absolute Gasteiger partial charge is 0.237 e. The number of nitrogens with zero attached hydrogens (tertiary/aromatic N) is 1. The van der Waals surface area contributed by atoms with Gasteiger partial charge in [0.15, 0.2) is 0 Å². The van der Waals surface area contributed by atoms with Crippen LogP contribution in [0.2, 0.25) is 0 Å². The van der Waals surface area contributed by atoms with E-state index in [4.69, 9.17) is 5.73 Å². The van der Waals surface area contributed by atoms with Crippen LogP contribution in [-0.2, 0) is 4.79 Å². The minimum Gasteiger partial charge on any atom is -0.368 e. The fraction of sp³-hybridized carbons (Fsp3) is 0.938. The zero-order valence-electron chi connectivity index (χ0n) is 14.3. The van der Waals surface area contributed by atoms with E-state index in [0.717, 1.165) is 38.4 Å². The number of carbonyl (C=O) groups is 1. The van der Waals surface area contributed by atoms with Crippen molar-refractivity contribution in [3.05, 3.63) is 0 Å². The Morgan fingerprint density at radius 3 is 2.30 bits per heavy atom. The molecule has 0 saturated heterocycles. The molecule has 0 saturated carbocycles. The Bertz CT molecular complexity index is 281. The van der Waals surface area contributed by atoms with Gasteiger partial charge in [-0.2, -0.15) is 0 Å². The molecule has 0 aliphatic heterocycles. The standard InChI is InChI=1S/C16H35N3O/c1-7-14(5)12-19(8-2)11-9-10-16(6,15(17)20)18-13(3)4/h13-14,18H,7-12H2,1-6H3,(H2,17,20). The largest absolute Gasteiger partial charge is 0.368 e. The predicted octanol–water partition coefficient (Wildman–Crippen LogP) is 2.38. The number of hydrogen-bond acceptors (Lipinski definition) is 3. The van der Waals surface area contributed by atoms with Gasteiger partial charge in [0, 0.05) is 12.6 Å². The summed E-state index contributed by atoms with van der Waals surface area (Å²) in [7, 11) is 0. The molecule has 0 bridgehead atoms. The highest BCUT2D eigenvalue weighted by Crippen LogP contribution is 2.14. The van der Waals surface area contributed by atoms with Gasteiger partial charge < -0.3 is 16.0 Å². The van der Waals surface area contributed by atoms with Crippen LogP contribution in [0.5, 0.6) is 0 Å². The predicted molar refractivity (Wildman–Crippen MR) is 86.7 cm³/mol. The third-order valence-electron chi connectivity index (χ3n) is 4.02. The second kappa shape index (κ2) is 9.35. The van der Waals surface area contributed by atoms with Gasteiger partial charge in [0.05, 0.1) is 5.54 Å². The lowest BCUT2D eigenvalue weighted by Gasteiger charge is -2.31. The number of amides is 1. The second-order valence-corrected chi connectivity index (χ2v) is 6.51. The molecule has 0 aliphatic carbocycles. The van der Waals surface area contributed by atoms with Crippen molar-refractivity contribution in [1.82, 2.24) is 10.2 Å². The average molecular weight is 285 g/mol. The van der Waals surface area contributed by atoms with Crippen molar-refractivity contribution in [2.75, 3.05) is 19.6 Å². The number of nitrogens with two attached hydrogens (primary N) is 1. The molecule has 2 unspecified atom stereocenters. The maximum absolute atomic E-state index is 11.7. The van der Waals surface area contributed by atoms with E-state index in [1.165, 1.54) is 6.42 Å². The van der Waals surface area contributed by atoms with Gasteiger partial charge in [0.2, 0.25) is 5.91 Å². The quantitative estimate of drug-likeness (QED) is 0.613. The Balaban J connectivity index is 4.31. The molecule has 4 heteroatoms. The van der Waals surface area contributed by atoms with Gasteiger partial charge in [-0.25, -0.2) is 0 Å². The SMILES string of the molecule is CCC(C)CN(CC)CCCC(C)(NC(C)C)C(N)=O. The zero-order valence-corrected chi connectivity index (χ0v) is 14.3. The van der Waals surface area contributed by atoms with E-state index < -0.39 is 5.54 Å². The number of hydrogen-bond donors (Lipinski definition) is 2. The van der Waals surface area contributed by atoms with Crippen molar-refractivity contribution in [3.8, 4) is 0 Å². The van der Waals surface area contributed by atoms with E-state index in [9.17, 15) is 4.79 Å². The van der Waals surface area contributed by atoms with Crippen LogP contribution in [0.15, 0.2) is 0 Å². The molecular formula is C16H35N3O. The van der Waals surface area contributed by atoms with Gasteiger partial charge >= 0.3 is 0 Å². The number of nitrogens with one attached hydrogen (secondary N) is 1. The summed E-state index contributed by atoms with van der Waals surface area (Å²) in [6.07, 6.45) is 2.99. The Morgan fingerprint density at radius 2 is 1.90 bits per heavy atom. The lowest BCUT2D eigenvalue weighted by Crippen LogP contribution is -2.55. The van der Waals surface area contributed by atoms with Crippen LogP contribution in [0, 0.1) is 5.92 Å². The van der Waals surface area contributed by atoms with E-state index in [1.807, 2.05) is 20.8 Å². The van der Waals surface area contributed by atoms with Crippen molar-refractivity contribution in [3.63, 3.8) is 0 Å². The molecule has 0 fully saturated rings. The molecular weight excluding hydrogens is 250 g/mol. The minimum atomic E-state index is -0.593. The zero-order chi connectivity index (χ0) is 15.8. The fourth-order valence-corrected chi connectivity index (χ4v) is 2.51. The van der Waals surface area contributed by atoms with Crippen molar-refractivity contribution in [1.29, 1.82) is 0 Å². The monoisotopic (exact) mass is 285 g/mol. The summed E-state index contributed by atoms with van der Waals surface area (Å²) in [5.41, 5.74) is 4.96. The Labute approximate surface area is 125 Å². The molecule has 4 nitrogen and oxygen atoms in total. The summed E-state index contributed by atoms with van der Waals surface area (Å²) in [4.78, 5) is 14.1. The van der Waals surface area contributed by atoms with Crippen molar-refractivity contribution in [2.45, 2.75) is 72.4 Å². The van der Waals surface area contributed by atoms with Crippen LogP contribution in [0.25, 0.3) is 0 Å². The van der Waals surface area contributed by atoms with Gasteiger partial charge in [0.25, 0.3) is 0 Å². The first-order valence-corrected chi connectivity index (χ1v) is 8.05. The first kappa shape index (κ1) is 19.4. The first-order valence-electron chi connectivity index (χ1n) is 8.05. The number of carbonyl (C=O) groups excluding carboxylic acids is 1. The van der Waals surface area contributed by atoms with Crippen LogP contribution in [-0.4, -0.2) is 42.0 Å². The Hall–Kier alpha value is -0.610. The summed E-state index contributed by atoms with van der Waals surface area (Å²) in [5.74, 6) is 0.474. The molecule has 120 valence electrons. The lowest BCUT2D eigenvalue weighted by molar-refractivity contribution is -0.124. The van der Waals surface area contributed by atoms with E-state index >= 15 is 0 Å². The summed E-state index contributed by atoms with van der Waals surface area (Å²) < 4.78 is 0. The summed E-state index contributed by atoms with van der Waals surface area (Å²) in [5, 5.41) is 3.31. The average Bonchev–Trinajstić information content (AvgIpc) is 2.36. The van der Waals surface area contributed by atoms with Crippen molar-refractivity contribution < 1.29 is 4.79 Å². The van der Waals surface area contributed by atoms with E-state index in [2.05, 4.69) is 31.0 Å². The first-order chi connectivity index (χ1) is 9.25. The third-order valence-corrected chi connectivity index (χ3v) is 4.02. The summed E-state index contributed by atoms with van der Waals surface area (Å²) >= 11 is 0. The van der Waals surface area contributed by atoms with Gasteiger partial charge in [0.1, 0.15) is 0 Å². The van der Waals surface area contributed by atoms with Crippen LogP contribution < -0.4 is 11.1 Å².